The molecular formula is C15H16O3S. The highest BCUT2D eigenvalue weighted by molar-refractivity contribution is 7.10. The molecular weight excluding hydrogens is 260 g/mol. The number of aryl methyl sites for hydroxylation is 1. The summed E-state index contributed by atoms with van der Waals surface area (Å²) in [5, 5.41) is 12.5. The zero-order valence-corrected chi connectivity index (χ0v) is 11.6. The first-order valence-electron chi connectivity index (χ1n) is 6.35. The Bertz CT molecular complexity index is 577. The number of ether oxygens (including phenoxy) is 2. The Labute approximate surface area is 116 Å². The van der Waals surface area contributed by atoms with E-state index >= 15 is 0 Å². The third-order valence-corrected chi connectivity index (χ3v) is 4.33. The fraction of sp³-hybridized carbons (Fsp3) is 0.333. The van der Waals surface area contributed by atoms with E-state index in [2.05, 4.69) is 6.07 Å². The van der Waals surface area contributed by atoms with Crippen LogP contribution in [0.1, 0.15) is 28.5 Å². The van der Waals surface area contributed by atoms with Gasteiger partial charge >= 0.3 is 0 Å². The van der Waals surface area contributed by atoms with E-state index in [0.717, 1.165) is 41.4 Å². The molecule has 1 aliphatic heterocycles. The van der Waals surface area contributed by atoms with Gasteiger partial charge in [-0.05, 0) is 29.9 Å². The van der Waals surface area contributed by atoms with Crippen molar-refractivity contribution in [2.45, 2.75) is 18.9 Å². The lowest BCUT2D eigenvalue weighted by Crippen LogP contribution is -2.12. The quantitative estimate of drug-likeness (QED) is 0.936. The Morgan fingerprint density at radius 3 is 3.11 bits per heavy atom. The van der Waals surface area contributed by atoms with E-state index in [9.17, 15) is 5.11 Å². The summed E-state index contributed by atoms with van der Waals surface area (Å²) >= 11 is 1.50. The molecule has 1 aromatic heterocycles. The van der Waals surface area contributed by atoms with Crippen molar-refractivity contribution in [3.63, 3.8) is 0 Å². The fourth-order valence-electron chi connectivity index (χ4n) is 2.45. The first-order valence-corrected chi connectivity index (χ1v) is 7.23. The number of aliphatic hydroxyl groups excluding tert-OH is 1. The molecule has 0 fully saturated rings. The molecule has 1 aliphatic rings. The van der Waals surface area contributed by atoms with Crippen LogP contribution >= 0.6 is 11.3 Å². The topological polar surface area (TPSA) is 38.7 Å². The maximum atomic E-state index is 10.6. The minimum atomic E-state index is -0.692. The van der Waals surface area contributed by atoms with Crippen LogP contribution in [0.3, 0.4) is 0 Å². The van der Waals surface area contributed by atoms with Crippen molar-refractivity contribution < 1.29 is 14.6 Å². The standard InChI is InChI=1S/C15H16O3S/c1-17-12-7-9-19-15(12)13(16)11-6-2-4-10-5-3-8-18-14(10)11/h2,4,6-7,9,13,16H,3,5,8H2,1H3. The number of thiophene rings is 1. The average molecular weight is 276 g/mol. The molecule has 19 heavy (non-hydrogen) atoms. The Kier molecular flexibility index (Phi) is 3.44. The van der Waals surface area contributed by atoms with Gasteiger partial charge in [0.05, 0.1) is 18.6 Å². The molecule has 0 bridgehead atoms. The van der Waals surface area contributed by atoms with Gasteiger partial charge in [-0.3, -0.25) is 0 Å². The van der Waals surface area contributed by atoms with Crippen LogP contribution in [-0.4, -0.2) is 18.8 Å². The Morgan fingerprint density at radius 1 is 1.37 bits per heavy atom. The van der Waals surface area contributed by atoms with Gasteiger partial charge in [0, 0.05) is 5.56 Å². The van der Waals surface area contributed by atoms with Crippen LogP contribution in [0.4, 0.5) is 0 Å². The van der Waals surface area contributed by atoms with Crippen LogP contribution in [-0.2, 0) is 6.42 Å². The molecule has 4 heteroatoms. The van der Waals surface area contributed by atoms with Gasteiger partial charge in [-0.2, -0.15) is 0 Å². The lowest BCUT2D eigenvalue weighted by Gasteiger charge is -2.22. The van der Waals surface area contributed by atoms with Crippen LogP contribution < -0.4 is 9.47 Å². The lowest BCUT2D eigenvalue weighted by molar-refractivity contribution is 0.206. The van der Waals surface area contributed by atoms with Gasteiger partial charge in [-0.15, -0.1) is 11.3 Å². The molecule has 0 spiro atoms. The summed E-state index contributed by atoms with van der Waals surface area (Å²) in [6.45, 7) is 0.721. The van der Waals surface area contributed by atoms with E-state index in [4.69, 9.17) is 9.47 Å². The van der Waals surface area contributed by atoms with E-state index in [1.54, 1.807) is 7.11 Å². The van der Waals surface area contributed by atoms with Gasteiger partial charge in [0.15, 0.2) is 0 Å². The number of fused-ring (bicyclic) bond motifs is 1. The molecule has 1 unspecified atom stereocenters. The minimum Gasteiger partial charge on any atom is -0.495 e. The van der Waals surface area contributed by atoms with Crippen molar-refractivity contribution in [2.75, 3.05) is 13.7 Å². The van der Waals surface area contributed by atoms with Crippen LogP contribution in [0.5, 0.6) is 11.5 Å². The number of para-hydroxylation sites is 1. The normalized spacial score (nSPS) is 15.5. The maximum Gasteiger partial charge on any atom is 0.135 e. The average Bonchev–Trinajstić information content (AvgIpc) is 2.94. The second kappa shape index (κ2) is 5.23. The summed E-state index contributed by atoms with van der Waals surface area (Å²) < 4.78 is 11.0. The molecule has 1 atom stereocenters. The zero-order valence-electron chi connectivity index (χ0n) is 10.8. The summed E-state index contributed by atoms with van der Waals surface area (Å²) in [7, 11) is 1.62. The van der Waals surface area contributed by atoms with Gasteiger partial charge in [-0.25, -0.2) is 0 Å². The van der Waals surface area contributed by atoms with Crippen molar-refractivity contribution in [1.82, 2.24) is 0 Å². The molecule has 100 valence electrons. The first-order chi connectivity index (χ1) is 9.31. The molecule has 2 aromatic rings. The van der Waals surface area contributed by atoms with Crippen molar-refractivity contribution in [3.05, 3.63) is 45.6 Å². The number of rotatable bonds is 3. The molecule has 0 amide bonds. The van der Waals surface area contributed by atoms with Crippen molar-refractivity contribution in [3.8, 4) is 11.5 Å². The molecule has 3 rings (SSSR count). The Balaban J connectivity index is 2.02. The lowest BCUT2D eigenvalue weighted by atomic mass is 9.98. The molecule has 0 aliphatic carbocycles. The Morgan fingerprint density at radius 2 is 2.26 bits per heavy atom. The monoisotopic (exact) mass is 276 g/mol. The summed E-state index contributed by atoms with van der Waals surface area (Å²) in [5.74, 6) is 1.57. The number of aliphatic hydroxyl groups is 1. The highest BCUT2D eigenvalue weighted by Crippen LogP contribution is 2.40. The van der Waals surface area contributed by atoms with Crippen molar-refractivity contribution in [2.24, 2.45) is 0 Å². The van der Waals surface area contributed by atoms with Crippen LogP contribution in [0, 0.1) is 0 Å². The van der Waals surface area contributed by atoms with E-state index in [1.165, 1.54) is 16.9 Å². The first kappa shape index (κ1) is 12.5. The molecule has 0 saturated carbocycles. The maximum absolute atomic E-state index is 10.6. The smallest absolute Gasteiger partial charge is 0.135 e. The predicted molar refractivity (Wildman–Crippen MR) is 75.2 cm³/mol. The van der Waals surface area contributed by atoms with E-state index in [0.29, 0.717) is 0 Å². The van der Waals surface area contributed by atoms with Crippen LogP contribution in [0.25, 0.3) is 0 Å². The summed E-state index contributed by atoms with van der Waals surface area (Å²) in [6.07, 6.45) is 1.36. The van der Waals surface area contributed by atoms with Crippen molar-refractivity contribution in [1.29, 1.82) is 0 Å². The number of hydrogen-bond acceptors (Lipinski definition) is 4. The summed E-state index contributed by atoms with van der Waals surface area (Å²) in [6, 6.07) is 7.84. The van der Waals surface area contributed by atoms with Gasteiger partial charge < -0.3 is 14.6 Å². The second-order valence-electron chi connectivity index (χ2n) is 4.54. The SMILES string of the molecule is COc1ccsc1C(O)c1cccc2c1OCCC2. The largest absolute Gasteiger partial charge is 0.495 e. The van der Waals surface area contributed by atoms with E-state index in [1.807, 2.05) is 23.6 Å². The number of methoxy groups -OCH3 is 1. The molecule has 0 saturated heterocycles. The zero-order chi connectivity index (χ0) is 13.2. The number of hydrogen-bond donors (Lipinski definition) is 1. The van der Waals surface area contributed by atoms with Gasteiger partial charge in [0.1, 0.15) is 17.6 Å². The van der Waals surface area contributed by atoms with Crippen molar-refractivity contribution >= 4 is 11.3 Å². The number of benzene rings is 1. The van der Waals surface area contributed by atoms with Gasteiger partial charge in [0.25, 0.3) is 0 Å². The minimum absolute atomic E-state index is 0.692. The third-order valence-electron chi connectivity index (χ3n) is 3.38. The molecule has 1 N–H and O–H groups in total. The second-order valence-corrected chi connectivity index (χ2v) is 5.49. The Hall–Kier alpha value is -1.52. The van der Waals surface area contributed by atoms with Crippen LogP contribution in [0.15, 0.2) is 29.6 Å². The molecule has 0 radical (unpaired) electrons. The van der Waals surface area contributed by atoms with Gasteiger partial charge in [0.2, 0.25) is 0 Å². The molecule has 2 heterocycles. The predicted octanol–water partition coefficient (Wildman–Crippen LogP) is 3.16. The summed E-state index contributed by atoms with van der Waals surface area (Å²) in [4.78, 5) is 0.824. The van der Waals surface area contributed by atoms with Crippen LogP contribution in [0.2, 0.25) is 0 Å². The van der Waals surface area contributed by atoms with E-state index in [-0.39, 0.29) is 0 Å². The molecule has 1 aromatic carbocycles. The molecule has 3 nitrogen and oxygen atoms in total. The third kappa shape index (κ3) is 2.22. The summed E-state index contributed by atoms with van der Waals surface area (Å²) in [5.41, 5.74) is 2.01. The van der Waals surface area contributed by atoms with Gasteiger partial charge in [-0.1, -0.05) is 18.2 Å². The fourth-order valence-corrected chi connectivity index (χ4v) is 3.31. The van der Waals surface area contributed by atoms with E-state index < -0.39 is 6.10 Å². The highest BCUT2D eigenvalue weighted by atomic mass is 32.1. The highest BCUT2D eigenvalue weighted by Gasteiger charge is 2.23.